The van der Waals surface area contributed by atoms with E-state index in [-0.39, 0.29) is 12.5 Å². The topological polar surface area (TPSA) is 66.4 Å². The summed E-state index contributed by atoms with van der Waals surface area (Å²) in [5.74, 6) is -1.16. The molecule has 0 rings (SSSR count). The van der Waals surface area contributed by atoms with Crippen LogP contribution in [0.2, 0.25) is 0 Å². The molecule has 1 amide bonds. The van der Waals surface area contributed by atoms with Gasteiger partial charge in [-0.1, -0.05) is 44.8 Å². The third-order valence-corrected chi connectivity index (χ3v) is 2.85. The van der Waals surface area contributed by atoms with E-state index in [4.69, 9.17) is 5.11 Å². The number of rotatable bonds is 12. The first kappa shape index (κ1) is 17.7. The fraction of sp³-hybridized carbons (Fsp3) is 0.733. The minimum absolute atomic E-state index is 0.165. The highest BCUT2D eigenvalue weighted by atomic mass is 16.4. The lowest BCUT2D eigenvalue weighted by molar-refractivity contribution is -0.137. The summed E-state index contributed by atoms with van der Waals surface area (Å²) < 4.78 is 0. The van der Waals surface area contributed by atoms with Gasteiger partial charge in [0.05, 0.1) is 0 Å². The summed E-state index contributed by atoms with van der Waals surface area (Å²) in [4.78, 5) is 21.4. The summed E-state index contributed by atoms with van der Waals surface area (Å²) in [6.45, 7) is 1.92. The Morgan fingerprint density at radius 1 is 1.00 bits per heavy atom. The molecule has 4 heteroatoms. The molecule has 0 aliphatic carbocycles. The lowest BCUT2D eigenvalue weighted by Crippen LogP contribution is -2.28. The van der Waals surface area contributed by atoms with Crippen LogP contribution in [0.4, 0.5) is 0 Å². The van der Waals surface area contributed by atoms with Gasteiger partial charge in [-0.15, -0.1) is 0 Å². The minimum Gasteiger partial charge on any atom is -0.480 e. The van der Waals surface area contributed by atoms with Crippen LogP contribution in [-0.4, -0.2) is 23.5 Å². The monoisotopic (exact) mass is 269 g/mol. The number of carboxylic acid groups (broad SMARTS) is 1. The van der Waals surface area contributed by atoms with E-state index in [1.54, 1.807) is 0 Å². The van der Waals surface area contributed by atoms with Crippen molar-refractivity contribution in [3.05, 3.63) is 12.2 Å². The number of aliphatic carboxylic acids is 1. The second kappa shape index (κ2) is 13.1. The molecule has 110 valence electrons. The molecule has 0 radical (unpaired) electrons. The number of carbonyl (C=O) groups is 2. The lowest BCUT2D eigenvalue weighted by atomic mass is 10.1. The van der Waals surface area contributed by atoms with Crippen molar-refractivity contribution in [2.75, 3.05) is 6.54 Å². The predicted molar refractivity (Wildman–Crippen MR) is 77.0 cm³/mol. The molecule has 2 N–H and O–H groups in total. The highest BCUT2D eigenvalue weighted by molar-refractivity contribution is 5.80. The highest BCUT2D eigenvalue weighted by Gasteiger charge is 2.02. The number of hydrogen-bond acceptors (Lipinski definition) is 2. The Bertz CT molecular complexity index is 275. The first-order chi connectivity index (χ1) is 9.16. The van der Waals surface area contributed by atoms with Crippen LogP contribution < -0.4 is 5.32 Å². The average Bonchev–Trinajstić information content (AvgIpc) is 2.38. The van der Waals surface area contributed by atoms with Crippen LogP contribution in [0.3, 0.4) is 0 Å². The Kier molecular flexibility index (Phi) is 12.2. The van der Waals surface area contributed by atoms with Gasteiger partial charge in [0.15, 0.2) is 0 Å². The van der Waals surface area contributed by atoms with E-state index in [1.165, 1.54) is 25.7 Å². The maximum absolute atomic E-state index is 11.2. The Labute approximate surface area is 116 Å². The van der Waals surface area contributed by atoms with Gasteiger partial charge in [-0.3, -0.25) is 9.59 Å². The summed E-state index contributed by atoms with van der Waals surface area (Å²) in [6, 6.07) is 0. The molecule has 0 aromatic carbocycles. The van der Waals surface area contributed by atoms with Crippen molar-refractivity contribution in [1.29, 1.82) is 0 Å². The van der Waals surface area contributed by atoms with Gasteiger partial charge in [-0.05, 0) is 25.7 Å². The number of carboxylic acids is 1. The van der Waals surface area contributed by atoms with E-state index in [2.05, 4.69) is 24.4 Å². The second-order valence-corrected chi connectivity index (χ2v) is 4.74. The van der Waals surface area contributed by atoms with Crippen molar-refractivity contribution in [3.63, 3.8) is 0 Å². The molecular formula is C15H27NO3. The van der Waals surface area contributed by atoms with Gasteiger partial charge in [0.25, 0.3) is 0 Å². The zero-order valence-corrected chi connectivity index (χ0v) is 12.0. The molecule has 0 spiro atoms. The van der Waals surface area contributed by atoms with Crippen LogP contribution in [0.15, 0.2) is 12.2 Å². The maximum Gasteiger partial charge on any atom is 0.322 e. The summed E-state index contributed by atoms with van der Waals surface area (Å²) in [5.41, 5.74) is 0. The number of carbonyl (C=O) groups excluding carboxylic acids is 1. The van der Waals surface area contributed by atoms with Crippen LogP contribution >= 0.6 is 0 Å². The van der Waals surface area contributed by atoms with Gasteiger partial charge in [-0.25, -0.2) is 0 Å². The normalized spacial score (nSPS) is 10.8. The number of amides is 1. The molecule has 0 bridgehead atoms. The molecule has 0 aromatic heterocycles. The molecule has 0 unspecified atom stereocenters. The summed E-state index contributed by atoms with van der Waals surface area (Å²) >= 11 is 0. The molecule has 0 aromatic rings. The van der Waals surface area contributed by atoms with Crippen LogP contribution in [0.1, 0.15) is 64.7 Å². The first-order valence-electron chi connectivity index (χ1n) is 7.30. The van der Waals surface area contributed by atoms with Gasteiger partial charge in [-0.2, -0.15) is 0 Å². The number of unbranched alkanes of at least 4 members (excludes halogenated alkanes) is 6. The molecular weight excluding hydrogens is 242 g/mol. The van der Waals surface area contributed by atoms with Gasteiger partial charge < -0.3 is 10.4 Å². The number of hydrogen-bond donors (Lipinski definition) is 2. The fourth-order valence-corrected chi connectivity index (χ4v) is 1.72. The average molecular weight is 269 g/mol. The predicted octanol–water partition coefficient (Wildman–Crippen LogP) is 3.27. The minimum atomic E-state index is -0.997. The van der Waals surface area contributed by atoms with Gasteiger partial charge in [0.1, 0.15) is 6.54 Å². The molecule has 19 heavy (non-hydrogen) atoms. The van der Waals surface area contributed by atoms with Crippen molar-refractivity contribution in [2.45, 2.75) is 64.7 Å². The summed E-state index contributed by atoms with van der Waals surface area (Å²) in [6.07, 6.45) is 13.9. The zero-order valence-electron chi connectivity index (χ0n) is 12.0. The third kappa shape index (κ3) is 14.6. The van der Waals surface area contributed by atoms with Gasteiger partial charge >= 0.3 is 5.97 Å². The fourth-order valence-electron chi connectivity index (χ4n) is 1.72. The molecule has 0 atom stereocenters. The van der Waals surface area contributed by atoms with E-state index in [0.29, 0.717) is 6.42 Å². The number of allylic oxidation sites excluding steroid dienone is 2. The van der Waals surface area contributed by atoms with E-state index >= 15 is 0 Å². The zero-order chi connectivity index (χ0) is 14.3. The van der Waals surface area contributed by atoms with Gasteiger partial charge in [0, 0.05) is 6.42 Å². The molecule has 0 saturated carbocycles. The Morgan fingerprint density at radius 3 is 2.26 bits per heavy atom. The van der Waals surface area contributed by atoms with Crippen LogP contribution in [0.25, 0.3) is 0 Å². The van der Waals surface area contributed by atoms with Crippen LogP contribution in [-0.2, 0) is 9.59 Å². The van der Waals surface area contributed by atoms with Gasteiger partial charge in [0.2, 0.25) is 5.91 Å². The Balaban J connectivity index is 3.24. The Hall–Kier alpha value is -1.32. The van der Waals surface area contributed by atoms with Crippen LogP contribution in [0.5, 0.6) is 0 Å². The number of nitrogens with one attached hydrogen (secondary N) is 1. The van der Waals surface area contributed by atoms with Crippen molar-refractivity contribution in [1.82, 2.24) is 5.32 Å². The van der Waals surface area contributed by atoms with E-state index < -0.39 is 5.97 Å². The summed E-state index contributed by atoms with van der Waals surface area (Å²) in [7, 11) is 0. The molecule has 0 heterocycles. The summed E-state index contributed by atoms with van der Waals surface area (Å²) in [5, 5.41) is 10.8. The molecule has 0 fully saturated rings. The van der Waals surface area contributed by atoms with E-state index in [9.17, 15) is 9.59 Å². The molecule has 0 aliphatic rings. The van der Waals surface area contributed by atoms with E-state index in [0.717, 1.165) is 25.7 Å². The van der Waals surface area contributed by atoms with Crippen LogP contribution in [0, 0.1) is 0 Å². The van der Waals surface area contributed by atoms with Crippen molar-refractivity contribution in [2.24, 2.45) is 0 Å². The highest BCUT2D eigenvalue weighted by Crippen LogP contribution is 2.06. The second-order valence-electron chi connectivity index (χ2n) is 4.74. The van der Waals surface area contributed by atoms with Crippen molar-refractivity contribution >= 4 is 11.9 Å². The molecule has 0 aliphatic heterocycles. The molecule has 4 nitrogen and oxygen atoms in total. The first-order valence-corrected chi connectivity index (χ1v) is 7.30. The Morgan fingerprint density at radius 2 is 1.63 bits per heavy atom. The smallest absolute Gasteiger partial charge is 0.322 e. The van der Waals surface area contributed by atoms with Crippen molar-refractivity contribution < 1.29 is 14.7 Å². The maximum atomic E-state index is 11.2. The largest absolute Gasteiger partial charge is 0.480 e. The standard InChI is InChI=1S/C15H27NO3/c1-2-3-4-5-6-7-8-9-10-11-12-14(17)16-13-15(18)19/h5-6H,2-4,7-13H2,1H3,(H,16,17)(H,18,19)/b6-5-. The van der Waals surface area contributed by atoms with E-state index in [1.807, 2.05) is 0 Å². The molecule has 0 saturated heterocycles. The SMILES string of the molecule is CCCC/C=C\CCCCCCC(=O)NCC(=O)O. The lowest BCUT2D eigenvalue weighted by Gasteiger charge is -2.02. The van der Waals surface area contributed by atoms with Crippen molar-refractivity contribution in [3.8, 4) is 0 Å². The third-order valence-electron chi connectivity index (χ3n) is 2.85. The quantitative estimate of drug-likeness (QED) is 0.422.